The molecule has 0 fully saturated rings. The Kier molecular flexibility index (Phi) is 3.84. The normalized spacial score (nSPS) is 10.2. The van der Waals surface area contributed by atoms with Gasteiger partial charge in [-0.15, -0.1) is 0 Å². The fourth-order valence-electron chi connectivity index (χ4n) is 1.13. The van der Waals surface area contributed by atoms with E-state index < -0.39 is 0 Å². The predicted molar refractivity (Wildman–Crippen MR) is 64.7 cm³/mol. The molecule has 0 amide bonds. The van der Waals surface area contributed by atoms with E-state index in [1.165, 1.54) is 5.56 Å². The molecular formula is C10H14INO. The maximum atomic E-state index is 5.20. The summed E-state index contributed by atoms with van der Waals surface area (Å²) in [4.78, 5) is 0. The van der Waals surface area contributed by atoms with Crippen LogP contribution in [-0.4, -0.2) is 7.11 Å². The van der Waals surface area contributed by atoms with Gasteiger partial charge in [0.2, 0.25) is 0 Å². The van der Waals surface area contributed by atoms with Gasteiger partial charge in [-0.3, -0.25) is 0 Å². The van der Waals surface area contributed by atoms with Gasteiger partial charge in [-0.05, 0) is 23.6 Å². The third-order valence-electron chi connectivity index (χ3n) is 1.94. The molecule has 1 rings (SSSR count). The molecule has 1 aromatic carbocycles. The Balaban J connectivity index is 3.07. The minimum Gasteiger partial charge on any atom is -0.497 e. The highest BCUT2D eigenvalue weighted by atomic mass is 127. The maximum Gasteiger partial charge on any atom is 0.121 e. The zero-order valence-electron chi connectivity index (χ0n) is 8.10. The smallest absolute Gasteiger partial charge is 0.121 e. The molecule has 0 spiro atoms. The Hall–Kier alpha value is -0.450. The van der Waals surface area contributed by atoms with Gasteiger partial charge in [0.05, 0.1) is 30.0 Å². The molecule has 0 aromatic heterocycles. The first kappa shape index (κ1) is 10.6. The summed E-state index contributed by atoms with van der Waals surface area (Å²) >= 11 is 2.12. The van der Waals surface area contributed by atoms with Gasteiger partial charge in [0.15, 0.2) is 0 Å². The van der Waals surface area contributed by atoms with Crippen LogP contribution < -0.4 is 8.27 Å². The summed E-state index contributed by atoms with van der Waals surface area (Å²) in [7, 11) is 1.69. The second kappa shape index (κ2) is 4.69. The lowest BCUT2D eigenvalue weighted by Crippen LogP contribution is -1.92. The number of hydrogen-bond donors (Lipinski definition) is 1. The van der Waals surface area contributed by atoms with Crippen molar-refractivity contribution in [1.82, 2.24) is 0 Å². The Morgan fingerprint density at radius 1 is 1.31 bits per heavy atom. The summed E-state index contributed by atoms with van der Waals surface area (Å²) < 4.78 is 8.29. The number of ether oxygens (including phenoxy) is 1. The molecule has 2 nitrogen and oxygen atoms in total. The van der Waals surface area contributed by atoms with E-state index in [0.717, 1.165) is 11.4 Å². The van der Waals surface area contributed by atoms with Crippen LogP contribution in [0.15, 0.2) is 18.2 Å². The van der Waals surface area contributed by atoms with Crippen molar-refractivity contribution in [2.24, 2.45) is 0 Å². The van der Waals surface area contributed by atoms with Crippen LogP contribution in [0, 0.1) is 0 Å². The molecule has 72 valence electrons. The molecule has 0 saturated carbocycles. The Morgan fingerprint density at radius 2 is 2.00 bits per heavy atom. The van der Waals surface area contributed by atoms with E-state index in [-0.39, 0.29) is 0 Å². The van der Waals surface area contributed by atoms with Crippen LogP contribution in [0.3, 0.4) is 0 Å². The third kappa shape index (κ3) is 2.76. The zero-order valence-corrected chi connectivity index (χ0v) is 10.3. The summed E-state index contributed by atoms with van der Waals surface area (Å²) in [6.45, 7) is 4.34. The maximum absolute atomic E-state index is 5.20. The van der Waals surface area contributed by atoms with Gasteiger partial charge in [0, 0.05) is 11.8 Å². The quantitative estimate of drug-likeness (QED) is 0.679. The van der Waals surface area contributed by atoms with E-state index in [4.69, 9.17) is 4.74 Å². The predicted octanol–water partition coefficient (Wildman–Crippen LogP) is 3.58. The van der Waals surface area contributed by atoms with Crippen molar-refractivity contribution in [3.8, 4) is 5.75 Å². The van der Waals surface area contributed by atoms with Gasteiger partial charge in [-0.1, -0.05) is 13.8 Å². The lowest BCUT2D eigenvalue weighted by Gasteiger charge is -2.10. The average molecular weight is 291 g/mol. The number of methoxy groups -OCH3 is 1. The van der Waals surface area contributed by atoms with Crippen LogP contribution in [0.25, 0.3) is 0 Å². The van der Waals surface area contributed by atoms with E-state index in [1.54, 1.807) is 7.11 Å². The average Bonchev–Trinajstić information content (AvgIpc) is 2.16. The fourth-order valence-corrected chi connectivity index (χ4v) is 1.44. The largest absolute Gasteiger partial charge is 0.497 e. The topological polar surface area (TPSA) is 21.3 Å². The van der Waals surface area contributed by atoms with Crippen molar-refractivity contribution < 1.29 is 4.74 Å². The van der Waals surface area contributed by atoms with Gasteiger partial charge in [-0.25, -0.2) is 0 Å². The van der Waals surface area contributed by atoms with Crippen LogP contribution in [0.4, 0.5) is 5.69 Å². The number of hydrogen-bond acceptors (Lipinski definition) is 2. The molecule has 0 radical (unpaired) electrons. The first-order valence-corrected chi connectivity index (χ1v) is 5.31. The Morgan fingerprint density at radius 3 is 2.46 bits per heavy atom. The molecule has 0 saturated heterocycles. The summed E-state index contributed by atoms with van der Waals surface area (Å²) in [5.74, 6) is 1.43. The van der Waals surface area contributed by atoms with Crippen LogP contribution >= 0.6 is 22.9 Å². The summed E-state index contributed by atoms with van der Waals surface area (Å²) in [6, 6.07) is 6.19. The second-order valence-electron chi connectivity index (χ2n) is 3.24. The molecular weight excluding hydrogens is 277 g/mol. The molecule has 1 N–H and O–H groups in total. The van der Waals surface area contributed by atoms with E-state index in [0.29, 0.717) is 5.92 Å². The highest BCUT2D eigenvalue weighted by molar-refractivity contribution is 14.1. The molecule has 0 aliphatic rings. The molecule has 0 aliphatic carbocycles. The van der Waals surface area contributed by atoms with E-state index in [1.807, 2.05) is 6.07 Å². The molecule has 0 bridgehead atoms. The van der Waals surface area contributed by atoms with Crippen LogP contribution in [0.5, 0.6) is 5.75 Å². The summed E-state index contributed by atoms with van der Waals surface area (Å²) in [6.07, 6.45) is 0. The monoisotopic (exact) mass is 291 g/mol. The molecule has 0 atom stereocenters. The minimum absolute atomic E-state index is 0.526. The van der Waals surface area contributed by atoms with E-state index in [9.17, 15) is 0 Å². The van der Waals surface area contributed by atoms with Gasteiger partial charge >= 0.3 is 0 Å². The van der Waals surface area contributed by atoms with Crippen LogP contribution in [0.1, 0.15) is 25.3 Å². The lowest BCUT2D eigenvalue weighted by molar-refractivity contribution is 0.414. The van der Waals surface area contributed by atoms with Crippen molar-refractivity contribution in [2.45, 2.75) is 19.8 Å². The first-order valence-electron chi connectivity index (χ1n) is 4.23. The molecule has 0 aliphatic heterocycles. The standard InChI is InChI=1S/C10H14INO/c1-7(2)8-4-9(12-11)6-10(5-8)13-3/h4-7,12H,1-3H3. The highest BCUT2D eigenvalue weighted by Gasteiger charge is 2.03. The molecule has 1 aromatic rings. The van der Waals surface area contributed by atoms with E-state index >= 15 is 0 Å². The molecule has 3 heteroatoms. The van der Waals surface area contributed by atoms with Crippen molar-refractivity contribution >= 4 is 28.6 Å². The minimum atomic E-state index is 0.526. The number of nitrogens with one attached hydrogen (secondary N) is 1. The zero-order chi connectivity index (χ0) is 9.84. The second-order valence-corrected chi connectivity index (χ2v) is 3.78. The first-order chi connectivity index (χ1) is 6.17. The summed E-state index contributed by atoms with van der Waals surface area (Å²) in [5.41, 5.74) is 2.38. The summed E-state index contributed by atoms with van der Waals surface area (Å²) in [5, 5.41) is 0. The Bertz CT molecular complexity index is 264. The fraction of sp³-hybridized carbons (Fsp3) is 0.400. The molecule has 0 unspecified atom stereocenters. The van der Waals surface area contributed by atoms with Crippen molar-refractivity contribution in [3.63, 3.8) is 0 Å². The van der Waals surface area contributed by atoms with E-state index in [2.05, 4.69) is 52.4 Å². The third-order valence-corrected chi connectivity index (χ3v) is 2.56. The number of rotatable bonds is 3. The van der Waals surface area contributed by atoms with Crippen molar-refractivity contribution in [1.29, 1.82) is 0 Å². The van der Waals surface area contributed by atoms with Gasteiger partial charge < -0.3 is 8.27 Å². The number of anilines is 1. The van der Waals surface area contributed by atoms with Gasteiger partial charge in [0.1, 0.15) is 5.75 Å². The molecule has 13 heavy (non-hydrogen) atoms. The number of halogens is 1. The SMILES string of the molecule is COc1cc(NI)cc(C(C)C)c1. The van der Waals surface area contributed by atoms with Crippen LogP contribution in [0.2, 0.25) is 0 Å². The lowest BCUT2D eigenvalue weighted by atomic mass is 10.0. The van der Waals surface area contributed by atoms with Gasteiger partial charge in [0.25, 0.3) is 0 Å². The van der Waals surface area contributed by atoms with Gasteiger partial charge in [-0.2, -0.15) is 0 Å². The van der Waals surface area contributed by atoms with Crippen molar-refractivity contribution in [2.75, 3.05) is 10.6 Å². The Labute approximate surface area is 93.2 Å². The van der Waals surface area contributed by atoms with Crippen LogP contribution in [-0.2, 0) is 0 Å². The number of benzene rings is 1. The van der Waals surface area contributed by atoms with Crippen molar-refractivity contribution in [3.05, 3.63) is 23.8 Å². The highest BCUT2D eigenvalue weighted by Crippen LogP contribution is 2.26. The molecule has 0 heterocycles.